The summed E-state index contributed by atoms with van der Waals surface area (Å²) < 4.78 is 16.3. The van der Waals surface area contributed by atoms with E-state index >= 15 is 0 Å². The number of hydrogen-bond donors (Lipinski definition) is 1. The fourth-order valence-corrected chi connectivity index (χ4v) is 2.93. The van der Waals surface area contributed by atoms with Crippen LogP contribution in [-0.2, 0) is 31.0 Å². The predicted octanol–water partition coefficient (Wildman–Crippen LogP) is 2.07. The zero-order valence-electron chi connectivity index (χ0n) is 13.4. The van der Waals surface area contributed by atoms with Crippen LogP contribution in [0.1, 0.15) is 36.5 Å². The van der Waals surface area contributed by atoms with E-state index in [0.29, 0.717) is 0 Å². The zero-order valence-corrected chi connectivity index (χ0v) is 13.4. The summed E-state index contributed by atoms with van der Waals surface area (Å²) in [5, 5.41) is 8.92. The first-order valence-electron chi connectivity index (χ1n) is 7.63. The fraction of sp³-hybridized carbons (Fsp3) is 0.588. The molecule has 1 aliphatic heterocycles. The molecule has 1 aliphatic rings. The van der Waals surface area contributed by atoms with Crippen molar-refractivity contribution < 1.29 is 24.1 Å². The van der Waals surface area contributed by atoms with Crippen molar-refractivity contribution >= 4 is 5.97 Å². The van der Waals surface area contributed by atoms with Crippen LogP contribution >= 0.6 is 0 Å². The average Bonchev–Trinajstić information content (AvgIpc) is 2.91. The molecule has 0 aliphatic carbocycles. The normalized spacial score (nSPS) is 24.5. The standard InChI is InChI=1S/C17H24O5/c1-12-14(7-4-5-10-18)8-6-9-15(12)17(16(19)20-3)11-21-13(2)22-17/h6,8-9,13,18H,4-5,7,10-11H2,1-3H3. The van der Waals surface area contributed by atoms with Crippen LogP contribution in [0.4, 0.5) is 0 Å². The van der Waals surface area contributed by atoms with Crippen molar-refractivity contribution in [3.63, 3.8) is 0 Å². The Balaban J connectivity index is 2.36. The van der Waals surface area contributed by atoms with Gasteiger partial charge >= 0.3 is 5.97 Å². The van der Waals surface area contributed by atoms with Crippen molar-refractivity contribution in [3.05, 3.63) is 34.9 Å². The Morgan fingerprint density at radius 1 is 1.45 bits per heavy atom. The Bertz CT molecular complexity index is 528. The molecule has 1 aromatic rings. The van der Waals surface area contributed by atoms with Gasteiger partial charge in [-0.3, -0.25) is 0 Å². The fourth-order valence-electron chi connectivity index (χ4n) is 2.93. The number of benzene rings is 1. The van der Waals surface area contributed by atoms with Crippen molar-refractivity contribution in [1.29, 1.82) is 0 Å². The van der Waals surface area contributed by atoms with E-state index < -0.39 is 17.9 Å². The minimum absolute atomic E-state index is 0.155. The SMILES string of the molecule is COC(=O)C1(c2cccc(CCCCO)c2C)COC(C)O1. The van der Waals surface area contributed by atoms with Gasteiger partial charge in [-0.05, 0) is 44.2 Å². The van der Waals surface area contributed by atoms with Gasteiger partial charge in [-0.1, -0.05) is 18.2 Å². The van der Waals surface area contributed by atoms with Gasteiger partial charge in [0.25, 0.3) is 0 Å². The Morgan fingerprint density at radius 2 is 2.23 bits per heavy atom. The second-order valence-corrected chi connectivity index (χ2v) is 5.59. The van der Waals surface area contributed by atoms with E-state index in [0.717, 1.165) is 36.0 Å². The smallest absolute Gasteiger partial charge is 0.345 e. The van der Waals surface area contributed by atoms with E-state index in [1.807, 2.05) is 25.1 Å². The Kier molecular flexibility index (Phi) is 5.56. The van der Waals surface area contributed by atoms with Crippen molar-refractivity contribution in [2.75, 3.05) is 20.3 Å². The molecule has 122 valence electrons. The van der Waals surface area contributed by atoms with Crippen LogP contribution in [0.3, 0.4) is 0 Å². The van der Waals surface area contributed by atoms with Gasteiger partial charge in [0, 0.05) is 12.2 Å². The van der Waals surface area contributed by atoms with E-state index in [4.69, 9.17) is 19.3 Å². The highest BCUT2D eigenvalue weighted by Gasteiger charge is 2.50. The largest absolute Gasteiger partial charge is 0.467 e. The molecular formula is C17H24O5. The molecule has 5 nitrogen and oxygen atoms in total. The van der Waals surface area contributed by atoms with Gasteiger partial charge in [0.1, 0.15) is 0 Å². The van der Waals surface area contributed by atoms with E-state index in [2.05, 4.69) is 0 Å². The van der Waals surface area contributed by atoms with E-state index in [1.165, 1.54) is 7.11 Å². The predicted molar refractivity (Wildman–Crippen MR) is 81.4 cm³/mol. The summed E-state index contributed by atoms with van der Waals surface area (Å²) in [6.07, 6.45) is 2.08. The summed E-state index contributed by atoms with van der Waals surface area (Å²) in [6, 6.07) is 5.86. The highest BCUT2D eigenvalue weighted by Crippen LogP contribution is 2.37. The lowest BCUT2D eigenvalue weighted by molar-refractivity contribution is -0.169. The number of hydrogen-bond acceptors (Lipinski definition) is 5. The molecule has 22 heavy (non-hydrogen) atoms. The van der Waals surface area contributed by atoms with Crippen molar-refractivity contribution in [2.45, 2.75) is 45.0 Å². The molecule has 0 amide bonds. The summed E-state index contributed by atoms with van der Waals surface area (Å²) in [6.45, 7) is 4.10. The molecule has 2 rings (SSSR count). The second kappa shape index (κ2) is 7.22. The van der Waals surface area contributed by atoms with E-state index in [1.54, 1.807) is 6.92 Å². The highest BCUT2D eigenvalue weighted by molar-refractivity contribution is 5.82. The first-order chi connectivity index (χ1) is 10.5. The average molecular weight is 308 g/mol. The third-order valence-electron chi connectivity index (χ3n) is 4.14. The number of esters is 1. The molecule has 0 radical (unpaired) electrons. The summed E-state index contributed by atoms with van der Waals surface area (Å²) >= 11 is 0. The van der Waals surface area contributed by atoms with Crippen LogP contribution in [0, 0.1) is 6.92 Å². The van der Waals surface area contributed by atoms with Crippen LogP contribution < -0.4 is 0 Å². The number of carbonyl (C=O) groups excluding carboxylic acids is 1. The lowest BCUT2D eigenvalue weighted by Gasteiger charge is -2.27. The molecule has 1 fully saturated rings. The van der Waals surface area contributed by atoms with Crippen molar-refractivity contribution in [1.82, 2.24) is 0 Å². The number of aryl methyl sites for hydroxylation is 1. The molecule has 1 aromatic carbocycles. The van der Waals surface area contributed by atoms with Gasteiger partial charge < -0.3 is 19.3 Å². The van der Waals surface area contributed by atoms with Gasteiger partial charge in [-0.25, -0.2) is 4.79 Å². The van der Waals surface area contributed by atoms with Crippen molar-refractivity contribution in [2.24, 2.45) is 0 Å². The Labute approximate surface area is 131 Å². The topological polar surface area (TPSA) is 65.0 Å². The Hall–Kier alpha value is -1.43. The monoisotopic (exact) mass is 308 g/mol. The minimum atomic E-state index is -1.19. The number of carbonyl (C=O) groups is 1. The third kappa shape index (κ3) is 3.16. The van der Waals surface area contributed by atoms with Gasteiger partial charge in [-0.2, -0.15) is 0 Å². The number of methoxy groups -OCH3 is 1. The number of aliphatic hydroxyl groups excluding tert-OH is 1. The maximum atomic E-state index is 12.3. The highest BCUT2D eigenvalue weighted by atomic mass is 16.7. The van der Waals surface area contributed by atoms with Crippen molar-refractivity contribution in [3.8, 4) is 0 Å². The number of unbranched alkanes of at least 4 members (excludes halogenated alkanes) is 1. The molecule has 5 heteroatoms. The summed E-state index contributed by atoms with van der Waals surface area (Å²) in [5.74, 6) is -0.438. The van der Waals surface area contributed by atoms with E-state index in [-0.39, 0.29) is 13.2 Å². The van der Waals surface area contributed by atoms with Crippen LogP contribution in [-0.4, -0.2) is 37.7 Å². The molecule has 0 bridgehead atoms. The first kappa shape index (κ1) is 16.9. The molecule has 1 heterocycles. The third-order valence-corrected chi connectivity index (χ3v) is 4.14. The lowest BCUT2D eigenvalue weighted by Crippen LogP contribution is -2.40. The van der Waals surface area contributed by atoms with Gasteiger partial charge in [0.15, 0.2) is 6.29 Å². The molecular weight excluding hydrogens is 284 g/mol. The van der Waals surface area contributed by atoms with Crippen LogP contribution in [0.5, 0.6) is 0 Å². The molecule has 1 saturated heterocycles. The zero-order chi connectivity index (χ0) is 16.2. The Morgan fingerprint density at radius 3 is 2.82 bits per heavy atom. The second-order valence-electron chi connectivity index (χ2n) is 5.59. The van der Waals surface area contributed by atoms with E-state index in [9.17, 15) is 4.79 Å². The van der Waals surface area contributed by atoms with Crippen LogP contribution in [0.25, 0.3) is 0 Å². The minimum Gasteiger partial charge on any atom is -0.467 e. The first-order valence-corrected chi connectivity index (χ1v) is 7.63. The summed E-state index contributed by atoms with van der Waals surface area (Å²) in [5.41, 5.74) is 1.77. The number of rotatable bonds is 6. The molecule has 2 atom stereocenters. The maximum absolute atomic E-state index is 12.3. The van der Waals surface area contributed by atoms with Gasteiger partial charge in [-0.15, -0.1) is 0 Å². The number of ether oxygens (including phenoxy) is 3. The molecule has 0 spiro atoms. The molecule has 0 saturated carbocycles. The molecule has 2 unspecified atom stereocenters. The van der Waals surface area contributed by atoms with Gasteiger partial charge in [0.05, 0.1) is 13.7 Å². The van der Waals surface area contributed by atoms with Gasteiger partial charge in [0.2, 0.25) is 5.60 Å². The lowest BCUT2D eigenvalue weighted by atomic mass is 9.87. The maximum Gasteiger partial charge on any atom is 0.345 e. The van der Waals surface area contributed by atoms with Crippen LogP contribution in [0.2, 0.25) is 0 Å². The summed E-state index contributed by atoms with van der Waals surface area (Å²) in [7, 11) is 1.36. The molecule has 0 aromatic heterocycles. The molecule has 1 N–H and O–H groups in total. The summed E-state index contributed by atoms with van der Waals surface area (Å²) in [4.78, 5) is 12.3. The quantitative estimate of drug-likeness (QED) is 0.644. The van der Waals surface area contributed by atoms with Crippen LogP contribution in [0.15, 0.2) is 18.2 Å². The number of aliphatic hydroxyl groups is 1.